The number of hydrogen-bond acceptors (Lipinski definition) is 3. The van der Waals surface area contributed by atoms with Crippen LogP contribution in [0.15, 0.2) is 12.2 Å². The molecule has 0 bridgehead atoms. The first kappa shape index (κ1) is 12.4. The third kappa shape index (κ3) is 6.54. The molecular formula is C9H18O3Si. The van der Waals surface area contributed by atoms with E-state index in [2.05, 4.69) is 26.2 Å². The highest BCUT2D eigenvalue weighted by atomic mass is 28.4. The average Bonchev–Trinajstić information content (AvgIpc) is 1.99. The first-order valence-corrected chi connectivity index (χ1v) is 7.76. The van der Waals surface area contributed by atoms with E-state index in [1.165, 1.54) is 0 Å². The summed E-state index contributed by atoms with van der Waals surface area (Å²) in [5.74, 6) is -0.360. The molecule has 0 radical (unpaired) electrons. The van der Waals surface area contributed by atoms with Gasteiger partial charge in [0.25, 0.3) is 0 Å². The van der Waals surface area contributed by atoms with Crippen LogP contribution in [0.5, 0.6) is 0 Å². The fourth-order valence-corrected chi connectivity index (χ4v) is 1.20. The monoisotopic (exact) mass is 202 g/mol. The highest BCUT2D eigenvalue weighted by molar-refractivity contribution is 6.69. The first-order chi connectivity index (χ1) is 5.87. The lowest BCUT2D eigenvalue weighted by atomic mass is 10.3. The lowest BCUT2D eigenvalue weighted by Gasteiger charge is -2.17. The van der Waals surface area contributed by atoms with Gasteiger partial charge in [-0.3, -0.25) is 0 Å². The molecule has 0 aromatic heterocycles. The van der Waals surface area contributed by atoms with Crippen LogP contribution in [0.3, 0.4) is 0 Å². The second-order valence-electron chi connectivity index (χ2n) is 3.73. The van der Waals surface area contributed by atoms with E-state index in [9.17, 15) is 4.79 Å². The Morgan fingerprint density at radius 2 is 1.92 bits per heavy atom. The second-order valence-corrected chi connectivity index (χ2v) is 8.24. The molecule has 76 valence electrons. The van der Waals surface area contributed by atoms with Crippen molar-refractivity contribution in [3.05, 3.63) is 12.2 Å². The molecule has 0 amide bonds. The van der Waals surface area contributed by atoms with Gasteiger partial charge in [-0.25, -0.2) is 4.79 Å². The van der Waals surface area contributed by atoms with Crippen molar-refractivity contribution in [2.45, 2.75) is 26.6 Å². The highest BCUT2D eigenvalue weighted by Crippen LogP contribution is 2.05. The van der Waals surface area contributed by atoms with E-state index in [0.29, 0.717) is 12.2 Å². The van der Waals surface area contributed by atoms with Gasteiger partial charge < -0.3 is 9.16 Å². The van der Waals surface area contributed by atoms with Gasteiger partial charge in [-0.1, -0.05) is 6.58 Å². The van der Waals surface area contributed by atoms with Crippen molar-refractivity contribution in [1.82, 2.24) is 0 Å². The van der Waals surface area contributed by atoms with Gasteiger partial charge in [0.1, 0.15) is 0 Å². The summed E-state index contributed by atoms with van der Waals surface area (Å²) < 4.78 is 10.3. The van der Waals surface area contributed by atoms with Gasteiger partial charge in [-0.05, 0) is 26.6 Å². The third-order valence-electron chi connectivity index (χ3n) is 1.24. The quantitative estimate of drug-likeness (QED) is 0.388. The minimum Gasteiger partial charge on any atom is -0.463 e. The highest BCUT2D eigenvalue weighted by Gasteiger charge is 2.16. The van der Waals surface area contributed by atoms with Crippen molar-refractivity contribution < 1.29 is 14.0 Å². The Morgan fingerprint density at radius 3 is 2.31 bits per heavy atom. The van der Waals surface area contributed by atoms with Crippen molar-refractivity contribution in [3.63, 3.8) is 0 Å². The van der Waals surface area contributed by atoms with Crippen LogP contribution in [0.1, 0.15) is 6.92 Å². The van der Waals surface area contributed by atoms with Crippen LogP contribution >= 0.6 is 0 Å². The molecule has 0 aliphatic rings. The molecule has 3 nitrogen and oxygen atoms in total. The van der Waals surface area contributed by atoms with Gasteiger partial charge in [0.2, 0.25) is 0 Å². The molecule has 0 aromatic carbocycles. The number of carbonyl (C=O) groups is 1. The Hall–Kier alpha value is -0.613. The molecular weight excluding hydrogens is 184 g/mol. The van der Waals surface area contributed by atoms with Crippen LogP contribution in [-0.2, 0) is 14.0 Å². The molecule has 0 saturated heterocycles. The van der Waals surface area contributed by atoms with Crippen LogP contribution in [0, 0.1) is 0 Å². The average molecular weight is 202 g/mol. The van der Waals surface area contributed by atoms with Crippen molar-refractivity contribution in [2.75, 3.05) is 13.2 Å². The SMILES string of the molecule is C=C(CO[Si](C)(C)C)C(=O)OCC. The van der Waals surface area contributed by atoms with Crippen molar-refractivity contribution >= 4 is 14.3 Å². The Balaban J connectivity index is 3.82. The van der Waals surface area contributed by atoms with Gasteiger partial charge in [-0.2, -0.15) is 0 Å². The molecule has 13 heavy (non-hydrogen) atoms. The smallest absolute Gasteiger partial charge is 0.335 e. The van der Waals surface area contributed by atoms with E-state index in [1.54, 1.807) is 6.92 Å². The minimum atomic E-state index is -1.56. The van der Waals surface area contributed by atoms with Crippen LogP contribution in [0.4, 0.5) is 0 Å². The number of ether oxygens (including phenoxy) is 1. The van der Waals surface area contributed by atoms with Crippen LogP contribution in [-0.4, -0.2) is 27.5 Å². The summed E-state index contributed by atoms with van der Waals surface area (Å²) >= 11 is 0. The van der Waals surface area contributed by atoms with Crippen LogP contribution in [0.25, 0.3) is 0 Å². The van der Waals surface area contributed by atoms with Crippen LogP contribution in [0.2, 0.25) is 19.6 Å². The van der Waals surface area contributed by atoms with E-state index in [1.807, 2.05) is 0 Å². The fourth-order valence-electron chi connectivity index (χ4n) is 0.596. The summed E-state index contributed by atoms with van der Waals surface area (Å²) in [6.45, 7) is 12.2. The van der Waals surface area contributed by atoms with Gasteiger partial charge in [-0.15, -0.1) is 0 Å². The molecule has 0 aliphatic heterocycles. The maximum atomic E-state index is 11.1. The van der Waals surface area contributed by atoms with Crippen molar-refractivity contribution in [1.29, 1.82) is 0 Å². The Morgan fingerprint density at radius 1 is 1.38 bits per heavy atom. The fraction of sp³-hybridized carbons (Fsp3) is 0.667. The van der Waals surface area contributed by atoms with Gasteiger partial charge in [0.15, 0.2) is 8.32 Å². The molecule has 0 heterocycles. The van der Waals surface area contributed by atoms with E-state index in [4.69, 9.17) is 9.16 Å². The summed E-state index contributed by atoms with van der Waals surface area (Å²) in [6.07, 6.45) is 0. The van der Waals surface area contributed by atoms with E-state index >= 15 is 0 Å². The number of rotatable bonds is 5. The van der Waals surface area contributed by atoms with E-state index in [0.717, 1.165) is 0 Å². The maximum Gasteiger partial charge on any atom is 0.335 e. The molecule has 4 heteroatoms. The Bertz CT molecular complexity index is 194. The standard InChI is InChI=1S/C9H18O3Si/c1-6-11-9(10)8(2)7-12-13(3,4)5/h2,6-7H2,1,3-5H3. The van der Waals surface area contributed by atoms with E-state index in [-0.39, 0.29) is 12.6 Å². The molecule has 0 atom stereocenters. The summed E-state index contributed by atoms with van der Waals surface area (Å²) in [5.41, 5.74) is 0.393. The molecule has 0 N–H and O–H groups in total. The Kier molecular flexibility index (Phi) is 4.94. The molecule has 0 unspecified atom stereocenters. The van der Waals surface area contributed by atoms with Crippen molar-refractivity contribution in [2.24, 2.45) is 0 Å². The topological polar surface area (TPSA) is 35.5 Å². The predicted molar refractivity (Wildman–Crippen MR) is 55.1 cm³/mol. The van der Waals surface area contributed by atoms with Crippen LogP contribution < -0.4 is 0 Å². The third-order valence-corrected chi connectivity index (χ3v) is 2.25. The van der Waals surface area contributed by atoms with Crippen molar-refractivity contribution in [3.8, 4) is 0 Å². The summed E-state index contributed by atoms with van der Waals surface area (Å²) in [6, 6.07) is 0. The molecule has 0 aromatic rings. The number of esters is 1. The zero-order valence-electron chi connectivity index (χ0n) is 8.85. The second kappa shape index (κ2) is 5.19. The first-order valence-electron chi connectivity index (χ1n) is 4.35. The van der Waals surface area contributed by atoms with E-state index < -0.39 is 8.32 Å². The largest absolute Gasteiger partial charge is 0.463 e. The molecule has 0 spiro atoms. The zero-order chi connectivity index (χ0) is 10.5. The van der Waals surface area contributed by atoms with Gasteiger partial charge in [0.05, 0.1) is 18.8 Å². The molecule has 0 saturated carbocycles. The summed E-state index contributed by atoms with van der Waals surface area (Å²) in [5, 5.41) is 0. The van der Waals surface area contributed by atoms with Gasteiger partial charge >= 0.3 is 5.97 Å². The molecule has 0 rings (SSSR count). The number of carbonyl (C=O) groups excluding carboxylic acids is 1. The molecule has 0 fully saturated rings. The lowest BCUT2D eigenvalue weighted by Crippen LogP contribution is -2.27. The zero-order valence-corrected chi connectivity index (χ0v) is 9.85. The predicted octanol–water partition coefficient (Wildman–Crippen LogP) is 1.96. The minimum absolute atomic E-state index is 0.286. The summed E-state index contributed by atoms with van der Waals surface area (Å²) in [7, 11) is -1.56. The maximum absolute atomic E-state index is 11.1. The number of hydrogen-bond donors (Lipinski definition) is 0. The van der Waals surface area contributed by atoms with Gasteiger partial charge in [0, 0.05) is 0 Å². The lowest BCUT2D eigenvalue weighted by molar-refractivity contribution is -0.138. The molecule has 0 aliphatic carbocycles. The normalized spacial score (nSPS) is 11.1. The Labute approximate surface area is 80.9 Å². The summed E-state index contributed by atoms with van der Waals surface area (Å²) in [4.78, 5) is 11.1.